The topological polar surface area (TPSA) is 76.1 Å². The molecule has 0 bridgehead atoms. The highest BCUT2D eigenvalue weighted by atomic mass is 32.1. The summed E-state index contributed by atoms with van der Waals surface area (Å²) >= 11 is 1.20. The first-order valence-corrected chi connectivity index (χ1v) is 11.3. The van der Waals surface area contributed by atoms with Gasteiger partial charge in [-0.2, -0.15) is 0 Å². The highest BCUT2D eigenvalue weighted by Crippen LogP contribution is 2.40. The fourth-order valence-electron chi connectivity index (χ4n) is 4.28. The van der Waals surface area contributed by atoms with Gasteiger partial charge in [-0.3, -0.25) is 4.79 Å². The minimum atomic E-state index is -1.02. The number of carbonyl (C=O) groups is 2. The van der Waals surface area contributed by atoms with Crippen molar-refractivity contribution in [2.24, 2.45) is 11.8 Å². The Morgan fingerprint density at radius 3 is 2.37 bits per heavy atom. The van der Waals surface area contributed by atoms with Crippen molar-refractivity contribution in [1.29, 1.82) is 0 Å². The summed E-state index contributed by atoms with van der Waals surface area (Å²) in [4.78, 5) is 28.4. The molecule has 7 heteroatoms. The molecule has 2 aromatic rings. The summed E-state index contributed by atoms with van der Waals surface area (Å²) in [6.07, 6.45) is 3.71. The Morgan fingerprint density at radius 2 is 1.73 bits per heavy atom. The lowest BCUT2D eigenvalue weighted by Crippen LogP contribution is -2.51. The Kier molecular flexibility index (Phi) is 6.51. The zero-order valence-electron chi connectivity index (χ0n) is 17.1. The predicted molar refractivity (Wildman–Crippen MR) is 116 cm³/mol. The molecule has 0 unspecified atom stereocenters. The van der Waals surface area contributed by atoms with Gasteiger partial charge >= 0.3 is 5.97 Å². The number of ether oxygens (including phenoxy) is 2. The van der Waals surface area contributed by atoms with Crippen LogP contribution >= 0.6 is 11.3 Å². The lowest BCUT2D eigenvalue weighted by Gasteiger charge is -2.37. The normalized spacial score (nSPS) is 22.6. The van der Waals surface area contributed by atoms with E-state index in [2.05, 4.69) is 6.92 Å². The summed E-state index contributed by atoms with van der Waals surface area (Å²) < 4.78 is 10.9. The van der Waals surface area contributed by atoms with Crippen LogP contribution in [0.1, 0.15) is 42.3 Å². The molecule has 0 atom stereocenters. The van der Waals surface area contributed by atoms with Gasteiger partial charge in [0, 0.05) is 10.8 Å². The monoisotopic (exact) mass is 429 g/mol. The van der Waals surface area contributed by atoms with E-state index in [1.165, 1.54) is 11.3 Å². The maximum absolute atomic E-state index is 13.7. The van der Waals surface area contributed by atoms with Crippen molar-refractivity contribution in [3.05, 3.63) is 41.3 Å². The second kappa shape index (κ2) is 9.29. The molecule has 6 nitrogen and oxygen atoms in total. The number of hydrogen-bond donors (Lipinski definition) is 1. The summed E-state index contributed by atoms with van der Waals surface area (Å²) in [7, 11) is 0. The summed E-state index contributed by atoms with van der Waals surface area (Å²) in [6.45, 7) is 3.09. The largest absolute Gasteiger partial charge is 0.477 e. The zero-order chi connectivity index (χ0) is 21.1. The molecule has 2 fully saturated rings. The maximum Gasteiger partial charge on any atom is 0.348 e. The van der Waals surface area contributed by atoms with Crippen molar-refractivity contribution in [2.45, 2.75) is 38.6 Å². The standard InChI is InChI=1S/C23H27NO5S/c1-15-7-9-17(10-8-15)22(25)24(18-12-28-14-29-13-18)19-11-20(30-21(19)23(26)27)16-5-3-2-4-6-16/h2-6,11,15,17-18H,7-10,12-14H2,1H3,(H,26,27). The number of carboxylic acid groups (broad SMARTS) is 1. The van der Waals surface area contributed by atoms with Crippen LogP contribution in [0.5, 0.6) is 0 Å². The predicted octanol–water partition coefficient (Wildman–Crippen LogP) is 4.65. The average Bonchev–Trinajstić information content (AvgIpc) is 3.21. The van der Waals surface area contributed by atoms with Crippen LogP contribution in [0.2, 0.25) is 0 Å². The van der Waals surface area contributed by atoms with Crippen molar-refractivity contribution in [3.63, 3.8) is 0 Å². The molecule has 0 radical (unpaired) electrons. The van der Waals surface area contributed by atoms with Gasteiger partial charge in [-0.25, -0.2) is 4.79 Å². The van der Waals surface area contributed by atoms with Crippen molar-refractivity contribution in [1.82, 2.24) is 0 Å². The van der Waals surface area contributed by atoms with Crippen molar-refractivity contribution >= 4 is 28.9 Å². The van der Waals surface area contributed by atoms with Crippen LogP contribution in [0.15, 0.2) is 36.4 Å². The first kappa shape index (κ1) is 21.0. The molecule has 1 aliphatic heterocycles. The van der Waals surface area contributed by atoms with E-state index >= 15 is 0 Å². The molecule has 1 aromatic heterocycles. The molecule has 1 N–H and O–H groups in total. The van der Waals surface area contributed by atoms with Gasteiger partial charge < -0.3 is 19.5 Å². The molecule has 1 saturated heterocycles. The second-order valence-electron chi connectivity index (χ2n) is 8.17. The Bertz CT molecular complexity index is 882. The molecular formula is C23H27NO5S. The summed E-state index contributed by atoms with van der Waals surface area (Å²) in [5, 5.41) is 9.91. The van der Waals surface area contributed by atoms with Crippen LogP contribution in [-0.2, 0) is 14.3 Å². The third kappa shape index (κ3) is 4.43. The molecular weight excluding hydrogens is 402 g/mol. The molecule has 1 aliphatic carbocycles. The van der Waals surface area contributed by atoms with Crippen LogP contribution in [-0.4, -0.2) is 43.0 Å². The maximum atomic E-state index is 13.7. The van der Waals surface area contributed by atoms with Crippen molar-refractivity contribution < 1.29 is 24.2 Å². The van der Waals surface area contributed by atoms with Gasteiger partial charge in [0.1, 0.15) is 11.7 Å². The Hall–Kier alpha value is -2.22. The van der Waals surface area contributed by atoms with Crippen LogP contribution in [0.4, 0.5) is 5.69 Å². The molecule has 2 aliphatic rings. The molecule has 1 aromatic carbocycles. The number of amides is 1. The molecule has 0 spiro atoms. The van der Waals surface area contributed by atoms with E-state index in [1.54, 1.807) is 4.90 Å². The van der Waals surface area contributed by atoms with Gasteiger partial charge in [-0.1, -0.05) is 37.3 Å². The molecule has 160 valence electrons. The fraction of sp³-hybridized carbons (Fsp3) is 0.478. The highest BCUT2D eigenvalue weighted by Gasteiger charge is 2.37. The Balaban J connectivity index is 1.73. The quantitative estimate of drug-likeness (QED) is 0.749. The van der Waals surface area contributed by atoms with E-state index < -0.39 is 5.97 Å². The molecule has 2 heterocycles. The number of nitrogens with zero attached hydrogens (tertiary/aromatic N) is 1. The summed E-state index contributed by atoms with van der Waals surface area (Å²) in [6, 6.07) is 11.2. The number of carbonyl (C=O) groups excluding carboxylic acids is 1. The number of aromatic carboxylic acids is 1. The number of hydrogen-bond acceptors (Lipinski definition) is 5. The van der Waals surface area contributed by atoms with Crippen molar-refractivity contribution in [2.75, 3.05) is 24.9 Å². The smallest absolute Gasteiger partial charge is 0.348 e. The third-order valence-corrected chi connectivity index (χ3v) is 7.14. The first-order valence-electron chi connectivity index (χ1n) is 10.5. The third-order valence-electron chi connectivity index (χ3n) is 5.98. The number of thiophene rings is 1. The average molecular weight is 430 g/mol. The van der Waals surface area contributed by atoms with Gasteiger partial charge in [0.15, 0.2) is 0 Å². The van der Waals surface area contributed by atoms with E-state index in [4.69, 9.17) is 9.47 Å². The van der Waals surface area contributed by atoms with Crippen LogP contribution in [0.25, 0.3) is 10.4 Å². The first-order chi connectivity index (χ1) is 14.5. The van der Waals surface area contributed by atoms with E-state index in [-0.39, 0.29) is 29.5 Å². The molecule has 1 saturated carbocycles. The van der Waals surface area contributed by atoms with E-state index in [1.807, 2.05) is 36.4 Å². The second-order valence-corrected chi connectivity index (χ2v) is 9.23. The minimum absolute atomic E-state index is 0.0130. The van der Waals surface area contributed by atoms with E-state index in [0.29, 0.717) is 24.8 Å². The highest BCUT2D eigenvalue weighted by molar-refractivity contribution is 7.18. The number of anilines is 1. The summed E-state index contributed by atoms with van der Waals surface area (Å²) in [5.74, 6) is -0.500. The van der Waals surface area contributed by atoms with Crippen LogP contribution < -0.4 is 4.90 Å². The number of benzene rings is 1. The van der Waals surface area contributed by atoms with Crippen LogP contribution in [0, 0.1) is 11.8 Å². The Labute approximate surface area is 180 Å². The minimum Gasteiger partial charge on any atom is -0.477 e. The summed E-state index contributed by atoms with van der Waals surface area (Å²) in [5.41, 5.74) is 1.39. The lowest BCUT2D eigenvalue weighted by molar-refractivity contribution is -0.131. The Morgan fingerprint density at radius 1 is 1.07 bits per heavy atom. The number of carboxylic acids is 1. The zero-order valence-corrected chi connectivity index (χ0v) is 17.9. The van der Waals surface area contributed by atoms with Gasteiger partial charge in [0.25, 0.3) is 0 Å². The van der Waals surface area contributed by atoms with Gasteiger partial charge in [0.2, 0.25) is 5.91 Å². The SMILES string of the molecule is CC1CCC(C(=O)N(c2cc(-c3ccccc3)sc2C(=O)O)C2COCOC2)CC1. The van der Waals surface area contributed by atoms with Crippen molar-refractivity contribution in [3.8, 4) is 10.4 Å². The van der Waals surface area contributed by atoms with Crippen LogP contribution in [0.3, 0.4) is 0 Å². The lowest BCUT2D eigenvalue weighted by atomic mass is 9.82. The molecule has 4 rings (SSSR count). The molecule has 30 heavy (non-hydrogen) atoms. The molecule has 1 amide bonds. The van der Waals surface area contributed by atoms with Gasteiger partial charge in [-0.15, -0.1) is 11.3 Å². The fourth-order valence-corrected chi connectivity index (χ4v) is 5.28. The van der Waals surface area contributed by atoms with Gasteiger partial charge in [0.05, 0.1) is 24.9 Å². The van der Waals surface area contributed by atoms with E-state index in [9.17, 15) is 14.7 Å². The van der Waals surface area contributed by atoms with E-state index in [0.717, 1.165) is 36.1 Å². The number of rotatable bonds is 5. The van der Waals surface area contributed by atoms with Gasteiger partial charge in [-0.05, 0) is 43.2 Å².